The Morgan fingerprint density at radius 3 is 2.71 bits per heavy atom. The zero-order valence-electron chi connectivity index (χ0n) is 15.6. The number of carbonyl (C=O) groups is 1. The first kappa shape index (κ1) is 19.2. The molecule has 3 aromatic rings. The minimum absolute atomic E-state index is 0.0683. The van der Waals surface area contributed by atoms with Crippen molar-refractivity contribution in [2.24, 2.45) is 5.92 Å². The summed E-state index contributed by atoms with van der Waals surface area (Å²) in [5, 5.41) is 10.2. The molecular formula is C21H23ClN4OS. The Morgan fingerprint density at radius 1 is 1.21 bits per heavy atom. The lowest BCUT2D eigenvalue weighted by Crippen LogP contribution is -2.38. The molecule has 0 spiro atoms. The van der Waals surface area contributed by atoms with E-state index in [-0.39, 0.29) is 5.91 Å². The van der Waals surface area contributed by atoms with Crippen molar-refractivity contribution in [3.8, 4) is 5.69 Å². The fourth-order valence-corrected chi connectivity index (χ4v) is 4.36. The molecule has 2 aromatic heterocycles. The number of piperidine rings is 1. The van der Waals surface area contributed by atoms with E-state index >= 15 is 0 Å². The van der Waals surface area contributed by atoms with Crippen LogP contribution in [0.1, 0.15) is 28.1 Å². The van der Waals surface area contributed by atoms with Gasteiger partial charge in [0.2, 0.25) is 0 Å². The third-order valence-corrected chi connectivity index (χ3v) is 6.27. The van der Waals surface area contributed by atoms with E-state index in [1.807, 2.05) is 35.6 Å². The van der Waals surface area contributed by atoms with Gasteiger partial charge in [-0.3, -0.25) is 9.69 Å². The molecule has 3 heterocycles. The van der Waals surface area contributed by atoms with Crippen LogP contribution in [0.3, 0.4) is 0 Å². The van der Waals surface area contributed by atoms with Crippen LogP contribution >= 0.6 is 22.9 Å². The Labute approximate surface area is 173 Å². The minimum Gasteiger partial charge on any atom is -0.352 e. The average molecular weight is 415 g/mol. The van der Waals surface area contributed by atoms with Gasteiger partial charge in [0.15, 0.2) is 0 Å². The molecule has 7 heteroatoms. The van der Waals surface area contributed by atoms with Gasteiger partial charge in [-0.1, -0.05) is 17.7 Å². The third kappa shape index (κ3) is 4.82. The molecule has 28 heavy (non-hydrogen) atoms. The highest BCUT2D eigenvalue weighted by atomic mass is 35.5. The maximum Gasteiger partial charge on any atom is 0.254 e. The fourth-order valence-electron chi connectivity index (χ4n) is 3.49. The molecule has 4 rings (SSSR count). The number of halogens is 1. The van der Waals surface area contributed by atoms with Gasteiger partial charge in [-0.15, -0.1) is 11.3 Å². The summed E-state index contributed by atoms with van der Waals surface area (Å²) in [6.07, 6.45) is 5.60. The highest BCUT2D eigenvalue weighted by Crippen LogP contribution is 2.20. The van der Waals surface area contributed by atoms with Gasteiger partial charge in [0.25, 0.3) is 5.91 Å². The number of carbonyl (C=O) groups excluding carboxylic acids is 1. The van der Waals surface area contributed by atoms with E-state index < -0.39 is 0 Å². The molecule has 0 saturated carbocycles. The van der Waals surface area contributed by atoms with Crippen LogP contribution in [-0.2, 0) is 6.54 Å². The normalized spacial score (nSPS) is 15.6. The summed E-state index contributed by atoms with van der Waals surface area (Å²) >= 11 is 7.73. The highest BCUT2D eigenvalue weighted by molar-refractivity contribution is 7.09. The number of nitrogens with zero attached hydrogens (tertiary/aromatic N) is 3. The van der Waals surface area contributed by atoms with E-state index in [1.54, 1.807) is 17.1 Å². The second-order valence-electron chi connectivity index (χ2n) is 7.16. The molecule has 1 fully saturated rings. The smallest absolute Gasteiger partial charge is 0.254 e. The molecule has 0 aliphatic carbocycles. The highest BCUT2D eigenvalue weighted by Gasteiger charge is 2.20. The minimum atomic E-state index is -0.0683. The Balaban J connectivity index is 1.24. The van der Waals surface area contributed by atoms with Crippen molar-refractivity contribution < 1.29 is 4.79 Å². The van der Waals surface area contributed by atoms with Crippen LogP contribution in [0, 0.1) is 5.92 Å². The Hall–Kier alpha value is -2.15. The lowest BCUT2D eigenvalue weighted by molar-refractivity contribution is 0.0935. The summed E-state index contributed by atoms with van der Waals surface area (Å²) in [6.45, 7) is 3.94. The van der Waals surface area contributed by atoms with Crippen LogP contribution in [0.25, 0.3) is 5.69 Å². The molecule has 0 radical (unpaired) electrons. The third-order valence-electron chi connectivity index (χ3n) is 5.15. The molecule has 1 amide bonds. The molecule has 5 nitrogen and oxygen atoms in total. The number of rotatable bonds is 6. The van der Waals surface area contributed by atoms with E-state index in [9.17, 15) is 4.79 Å². The van der Waals surface area contributed by atoms with E-state index in [0.717, 1.165) is 44.7 Å². The van der Waals surface area contributed by atoms with Gasteiger partial charge < -0.3 is 5.32 Å². The van der Waals surface area contributed by atoms with Crippen molar-refractivity contribution in [2.75, 3.05) is 19.6 Å². The lowest BCUT2D eigenvalue weighted by atomic mass is 9.96. The largest absolute Gasteiger partial charge is 0.352 e. The predicted octanol–water partition coefficient (Wildman–Crippen LogP) is 4.23. The summed E-state index contributed by atoms with van der Waals surface area (Å²) in [6, 6.07) is 11.7. The van der Waals surface area contributed by atoms with Gasteiger partial charge in [-0.25, -0.2) is 4.68 Å². The molecular weight excluding hydrogens is 392 g/mol. The monoisotopic (exact) mass is 414 g/mol. The topological polar surface area (TPSA) is 50.2 Å². The molecule has 1 saturated heterocycles. The number of aromatic nitrogens is 2. The first-order valence-corrected chi connectivity index (χ1v) is 10.8. The number of nitrogens with one attached hydrogen (secondary N) is 1. The second-order valence-corrected chi connectivity index (χ2v) is 8.63. The quantitative estimate of drug-likeness (QED) is 0.656. The number of hydrogen-bond donors (Lipinski definition) is 1. The van der Waals surface area contributed by atoms with Crippen LogP contribution in [0.5, 0.6) is 0 Å². The SMILES string of the molecule is O=C(NCC1CCN(Cc2cccs2)CC1)c1cnn(-c2ccc(Cl)cc2)c1. The van der Waals surface area contributed by atoms with Crippen LogP contribution in [-0.4, -0.2) is 40.2 Å². The summed E-state index contributed by atoms with van der Waals surface area (Å²) in [5.74, 6) is 0.469. The summed E-state index contributed by atoms with van der Waals surface area (Å²) in [4.78, 5) is 16.4. The summed E-state index contributed by atoms with van der Waals surface area (Å²) < 4.78 is 1.69. The van der Waals surface area contributed by atoms with Crippen molar-refractivity contribution >= 4 is 28.8 Å². The zero-order valence-corrected chi connectivity index (χ0v) is 17.1. The average Bonchev–Trinajstić information content (AvgIpc) is 3.40. The molecule has 0 unspecified atom stereocenters. The molecule has 0 atom stereocenters. The maximum absolute atomic E-state index is 12.5. The van der Waals surface area contributed by atoms with Crippen molar-refractivity contribution in [3.05, 3.63) is 69.6 Å². The molecule has 1 aromatic carbocycles. The number of likely N-dealkylation sites (tertiary alicyclic amines) is 1. The molecule has 1 aliphatic heterocycles. The summed E-state index contributed by atoms with van der Waals surface area (Å²) in [7, 11) is 0. The van der Waals surface area contributed by atoms with Crippen molar-refractivity contribution in [3.63, 3.8) is 0 Å². The Bertz CT molecular complexity index is 899. The van der Waals surface area contributed by atoms with Crippen LogP contribution < -0.4 is 5.32 Å². The standard InChI is InChI=1S/C21H23ClN4OS/c22-18-3-5-19(6-4-18)26-14-17(13-24-26)21(27)23-12-16-7-9-25(10-8-16)15-20-2-1-11-28-20/h1-6,11,13-14,16H,7-10,12,15H2,(H,23,27). The van der Waals surface area contributed by atoms with Gasteiger partial charge >= 0.3 is 0 Å². The van der Waals surface area contributed by atoms with Crippen LogP contribution in [0.2, 0.25) is 5.02 Å². The van der Waals surface area contributed by atoms with E-state index in [2.05, 4.69) is 32.8 Å². The van der Waals surface area contributed by atoms with Crippen molar-refractivity contribution in [1.29, 1.82) is 0 Å². The Morgan fingerprint density at radius 2 is 2.00 bits per heavy atom. The lowest BCUT2D eigenvalue weighted by Gasteiger charge is -2.31. The Kier molecular flexibility index (Phi) is 6.10. The number of thiophene rings is 1. The van der Waals surface area contributed by atoms with E-state index in [4.69, 9.17) is 11.6 Å². The van der Waals surface area contributed by atoms with Gasteiger partial charge in [0, 0.05) is 29.2 Å². The first-order valence-electron chi connectivity index (χ1n) is 9.51. The molecule has 1 aliphatic rings. The maximum atomic E-state index is 12.5. The molecule has 1 N–H and O–H groups in total. The predicted molar refractivity (Wildman–Crippen MR) is 113 cm³/mol. The van der Waals surface area contributed by atoms with Gasteiger partial charge in [0.05, 0.1) is 17.4 Å². The van der Waals surface area contributed by atoms with Crippen LogP contribution in [0.15, 0.2) is 54.2 Å². The summed E-state index contributed by atoms with van der Waals surface area (Å²) in [5.41, 5.74) is 1.45. The van der Waals surface area contributed by atoms with Crippen molar-refractivity contribution in [1.82, 2.24) is 20.0 Å². The van der Waals surface area contributed by atoms with E-state index in [0.29, 0.717) is 16.5 Å². The zero-order chi connectivity index (χ0) is 19.3. The van der Waals surface area contributed by atoms with Crippen molar-refractivity contribution in [2.45, 2.75) is 19.4 Å². The number of amides is 1. The van der Waals surface area contributed by atoms with Gasteiger partial charge in [-0.05, 0) is 67.6 Å². The number of benzene rings is 1. The molecule has 0 bridgehead atoms. The van der Waals surface area contributed by atoms with Gasteiger partial charge in [-0.2, -0.15) is 5.10 Å². The van der Waals surface area contributed by atoms with Crippen LogP contribution in [0.4, 0.5) is 0 Å². The fraction of sp³-hybridized carbons (Fsp3) is 0.333. The van der Waals surface area contributed by atoms with Gasteiger partial charge in [0.1, 0.15) is 0 Å². The molecule has 146 valence electrons. The first-order chi connectivity index (χ1) is 13.7. The second kappa shape index (κ2) is 8.90. The van der Waals surface area contributed by atoms with E-state index in [1.165, 1.54) is 4.88 Å². The number of hydrogen-bond acceptors (Lipinski definition) is 4.